The zero-order chi connectivity index (χ0) is 25.4. The molecule has 192 valence electrons. The molecule has 0 aliphatic carbocycles. The number of unbranched alkanes of at least 4 members (excludes halogenated alkanes) is 1. The van der Waals surface area contributed by atoms with Gasteiger partial charge in [-0.1, -0.05) is 44.2 Å². The summed E-state index contributed by atoms with van der Waals surface area (Å²) in [7, 11) is 0. The van der Waals surface area contributed by atoms with Crippen molar-refractivity contribution in [3.63, 3.8) is 0 Å². The number of hydrogen-bond donors (Lipinski definition) is 4. The maximum atomic E-state index is 13.7. The van der Waals surface area contributed by atoms with Crippen LogP contribution in [0.4, 0.5) is 0 Å². The van der Waals surface area contributed by atoms with Crippen molar-refractivity contribution in [1.82, 2.24) is 20.9 Å². The predicted octanol–water partition coefficient (Wildman–Crippen LogP) is 1.04. The summed E-state index contributed by atoms with van der Waals surface area (Å²) in [4.78, 5) is 55.4. The Balaban J connectivity index is 1.98. The molecule has 2 fully saturated rings. The van der Waals surface area contributed by atoms with Gasteiger partial charge in [-0.2, -0.15) is 0 Å². The summed E-state index contributed by atoms with van der Waals surface area (Å²) in [6, 6.07) is 7.05. The van der Waals surface area contributed by atoms with Gasteiger partial charge >= 0.3 is 0 Å². The van der Waals surface area contributed by atoms with Gasteiger partial charge in [0, 0.05) is 19.6 Å². The number of amides is 4. The Morgan fingerprint density at radius 3 is 2.34 bits per heavy atom. The number of aliphatic hydroxyl groups is 1. The highest BCUT2D eigenvalue weighted by Gasteiger charge is 2.44. The second-order valence-corrected chi connectivity index (χ2v) is 9.46. The Labute approximate surface area is 207 Å². The van der Waals surface area contributed by atoms with Crippen molar-refractivity contribution in [1.29, 1.82) is 0 Å². The van der Waals surface area contributed by atoms with Gasteiger partial charge in [-0.15, -0.1) is 0 Å². The summed E-state index contributed by atoms with van der Waals surface area (Å²) in [5.74, 6) is -1.47. The SMILES string of the molecule is CCC1(CC)NC(=O)[C@H](CCCCO)NC(=O)[C@H]2CCCN2C(=O)[C@H](Cc2ccccc2)NC1=O. The molecule has 0 radical (unpaired) electrons. The Hall–Kier alpha value is -2.94. The largest absolute Gasteiger partial charge is 0.396 e. The van der Waals surface area contributed by atoms with Crippen LogP contribution in [-0.4, -0.2) is 70.5 Å². The van der Waals surface area contributed by atoms with E-state index in [1.807, 2.05) is 44.2 Å². The number of benzene rings is 1. The van der Waals surface area contributed by atoms with Crippen LogP contribution in [0.15, 0.2) is 30.3 Å². The average molecular weight is 487 g/mol. The highest BCUT2D eigenvalue weighted by atomic mass is 16.3. The van der Waals surface area contributed by atoms with Gasteiger partial charge < -0.3 is 26.0 Å². The Bertz CT molecular complexity index is 902. The van der Waals surface area contributed by atoms with Crippen molar-refractivity contribution in [2.45, 2.75) is 88.9 Å². The summed E-state index contributed by atoms with van der Waals surface area (Å²) >= 11 is 0. The summed E-state index contributed by atoms with van der Waals surface area (Å²) in [5, 5.41) is 17.8. The normalized spacial score (nSPS) is 25.1. The van der Waals surface area contributed by atoms with Gasteiger partial charge in [-0.3, -0.25) is 19.2 Å². The molecule has 2 aliphatic heterocycles. The van der Waals surface area contributed by atoms with Crippen molar-refractivity contribution in [2.24, 2.45) is 0 Å². The molecular weight excluding hydrogens is 448 g/mol. The standard InChI is InChI=1S/C26H38N4O5/c1-3-26(4-2)25(35)28-20(17-18-11-6-5-7-12-18)24(34)30-15-10-14-21(30)23(33)27-19(22(32)29-26)13-8-9-16-31/h5-7,11-12,19-21,31H,3-4,8-10,13-17H2,1-2H3,(H,27,33)(H,28,35)(H,29,32)/t19-,20-,21+/m0/s1. The molecule has 1 aromatic rings. The number of fused-ring (bicyclic) bond motifs is 1. The number of aliphatic hydroxyl groups excluding tert-OH is 1. The lowest BCUT2D eigenvalue weighted by Gasteiger charge is -2.37. The van der Waals surface area contributed by atoms with Crippen molar-refractivity contribution < 1.29 is 24.3 Å². The Morgan fingerprint density at radius 1 is 0.971 bits per heavy atom. The van der Waals surface area contributed by atoms with E-state index in [4.69, 9.17) is 5.11 Å². The van der Waals surface area contributed by atoms with Crippen LogP contribution in [0.2, 0.25) is 0 Å². The van der Waals surface area contributed by atoms with E-state index >= 15 is 0 Å². The highest BCUT2D eigenvalue weighted by Crippen LogP contribution is 2.23. The zero-order valence-electron chi connectivity index (χ0n) is 20.7. The van der Waals surface area contributed by atoms with Gasteiger partial charge in [-0.25, -0.2) is 0 Å². The van der Waals surface area contributed by atoms with E-state index in [-0.39, 0.29) is 24.8 Å². The second-order valence-electron chi connectivity index (χ2n) is 9.46. The van der Waals surface area contributed by atoms with Gasteiger partial charge in [0.15, 0.2) is 0 Å². The molecule has 0 saturated carbocycles. The maximum absolute atomic E-state index is 13.7. The molecule has 0 spiro atoms. The number of rotatable bonds is 8. The van der Waals surface area contributed by atoms with Crippen LogP contribution in [0.1, 0.15) is 64.4 Å². The molecule has 4 amide bonds. The van der Waals surface area contributed by atoms with E-state index in [0.717, 1.165) is 5.56 Å². The fourth-order valence-corrected chi connectivity index (χ4v) is 4.97. The summed E-state index contributed by atoms with van der Waals surface area (Å²) in [6.45, 7) is 4.05. The summed E-state index contributed by atoms with van der Waals surface area (Å²) < 4.78 is 0. The van der Waals surface area contributed by atoms with Crippen LogP contribution in [-0.2, 0) is 25.6 Å². The van der Waals surface area contributed by atoms with Gasteiger partial charge in [0.25, 0.3) is 0 Å². The first-order valence-corrected chi connectivity index (χ1v) is 12.7. The van der Waals surface area contributed by atoms with Crippen molar-refractivity contribution >= 4 is 23.6 Å². The van der Waals surface area contributed by atoms with Crippen LogP contribution in [0.5, 0.6) is 0 Å². The number of carbonyl (C=O) groups excluding carboxylic acids is 4. The van der Waals surface area contributed by atoms with Crippen LogP contribution < -0.4 is 16.0 Å². The first-order chi connectivity index (χ1) is 16.8. The number of hydrogen-bond acceptors (Lipinski definition) is 5. The molecule has 4 N–H and O–H groups in total. The highest BCUT2D eigenvalue weighted by molar-refractivity contribution is 5.99. The third-order valence-corrected chi connectivity index (χ3v) is 7.26. The predicted molar refractivity (Wildman–Crippen MR) is 131 cm³/mol. The third-order valence-electron chi connectivity index (χ3n) is 7.26. The molecule has 2 saturated heterocycles. The third kappa shape index (κ3) is 6.20. The Morgan fingerprint density at radius 2 is 1.69 bits per heavy atom. The fraction of sp³-hybridized carbons (Fsp3) is 0.615. The molecule has 2 heterocycles. The Kier molecular flexibility index (Phi) is 9.26. The molecule has 35 heavy (non-hydrogen) atoms. The minimum Gasteiger partial charge on any atom is -0.396 e. The minimum atomic E-state index is -1.21. The van der Waals surface area contributed by atoms with Gasteiger partial charge in [0.2, 0.25) is 23.6 Å². The van der Waals surface area contributed by atoms with E-state index in [1.165, 1.54) is 0 Å². The quantitative estimate of drug-likeness (QED) is 0.408. The molecule has 1 aromatic carbocycles. The first kappa shape index (κ1) is 26.7. The molecule has 9 nitrogen and oxygen atoms in total. The smallest absolute Gasteiger partial charge is 0.246 e. The molecule has 9 heteroatoms. The van der Waals surface area contributed by atoms with Crippen LogP contribution in [0.25, 0.3) is 0 Å². The number of nitrogens with one attached hydrogen (secondary N) is 3. The van der Waals surface area contributed by atoms with Gasteiger partial charge in [0.1, 0.15) is 23.7 Å². The average Bonchev–Trinajstić information content (AvgIpc) is 3.36. The van der Waals surface area contributed by atoms with Crippen molar-refractivity contribution in [3.8, 4) is 0 Å². The number of nitrogens with zero attached hydrogens (tertiary/aromatic N) is 1. The first-order valence-electron chi connectivity index (χ1n) is 12.7. The molecule has 0 bridgehead atoms. The van der Waals surface area contributed by atoms with Crippen LogP contribution in [0.3, 0.4) is 0 Å². The van der Waals surface area contributed by atoms with E-state index in [9.17, 15) is 19.2 Å². The van der Waals surface area contributed by atoms with E-state index in [2.05, 4.69) is 16.0 Å². The maximum Gasteiger partial charge on any atom is 0.246 e. The van der Waals surface area contributed by atoms with Gasteiger partial charge in [0.05, 0.1) is 0 Å². The number of carbonyl (C=O) groups is 4. The van der Waals surface area contributed by atoms with Gasteiger partial charge in [-0.05, 0) is 50.5 Å². The monoisotopic (exact) mass is 486 g/mol. The molecule has 3 rings (SSSR count). The fourth-order valence-electron chi connectivity index (χ4n) is 4.97. The van der Waals surface area contributed by atoms with Crippen LogP contribution in [0, 0.1) is 0 Å². The second kappa shape index (κ2) is 12.2. The van der Waals surface area contributed by atoms with E-state index < -0.39 is 35.5 Å². The summed E-state index contributed by atoms with van der Waals surface area (Å²) in [6.07, 6.45) is 3.50. The minimum absolute atomic E-state index is 0.00768. The lowest BCUT2D eigenvalue weighted by molar-refractivity contribution is -0.145. The molecule has 2 aliphatic rings. The molecule has 0 unspecified atom stereocenters. The van der Waals surface area contributed by atoms with E-state index in [1.54, 1.807) is 4.90 Å². The molecule has 3 atom stereocenters. The zero-order valence-corrected chi connectivity index (χ0v) is 20.7. The van der Waals surface area contributed by atoms with Crippen molar-refractivity contribution in [2.75, 3.05) is 13.2 Å². The van der Waals surface area contributed by atoms with Crippen molar-refractivity contribution in [3.05, 3.63) is 35.9 Å². The van der Waals surface area contributed by atoms with E-state index in [0.29, 0.717) is 51.5 Å². The lowest BCUT2D eigenvalue weighted by atomic mass is 9.89. The van der Waals surface area contributed by atoms with Crippen LogP contribution >= 0.6 is 0 Å². The summed E-state index contributed by atoms with van der Waals surface area (Å²) in [5.41, 5.74) is -0.319. The lowest BCUT2D eigenvalue weighted by Crippen LogP contribution is -2.66. The molecule has 0 aromatic heterocycles. The topological polar surface area (TPSA) is 128 Å². The molecular formula is C26H38N4O5.